The van der Waals surface area contributed by atoms with E-state index in [1.807, 2.05) is 12.1 Å². The Morgan fingerprint density at radius 2 is 1.83 bits per heavy atom. The minimum absolute atomic E-state index is 0.00726. The maximum Gasteiger partial charge on any atom is 0.321 e. The molecular weight excluding hydrogens is 393 g/mol. The summed E-state index contributed by atoms with van der Waals surface area (Å²) in [5, 5.41) is 6.39. The number of piperidine rings is 1. The second-order valence-electron chi connectivity index (χ2n) is 7.33. The summed E-state index contributed by atoms with van der Waals surface area (Å²) in [6, 6.07) is 12.9. The third kappa shape index (κ3) is 6.75. The summed E-state index contributed by atoms with van der Waals surface area (Å²) >= 11 is 5.86. The van der Waals surface area contributed by atoms with E-state index in [-0.39, 0.29) is 17.8 Å². The molecule has 29 heavy (non-hydrogen) atoms. The van der Waals surface area contributed by atoms with E-state index >= 15 is 0 Å². The first-order valence-electron chi connectivity index (χ1n) is 9.82. The Morgan fingerprint density at radius 3 is 2.55 bits per heavy atom. The lowest BCUT2D eigenvalue weighted by Gasteiger charge is -2.32. The summed E-state index contributed by atoms with van der Waals surface area (Å²) in [6.45, 7) is 1.79. The average molecular weight is 418 g/mol. The first kappa shape index (κ1) is 21.1. The van der Waals surface area contributed by atoms with Crippen molar-refractivity contribution in [3.63, 3.8) is 0 Å². The highest BCUT2D eigenvalue weighted by Gasteiger charge is 2.24. The van der Waals surface area contributed by atoms with Crippen LogP contribution in [0.25, 0.3) is 0 Å². The third-order valence-corrected chi connectivity index (χ3v) is 5.34. The largest absolute Gasteiger partial charge is 0.352 e. The van der Waals surface area contributed by atoms with Gasteiger partial charge in [-0.2, -0.15) is 0 Å². The number of benzene rings is 2. The number of likely N-dealkylation sites (tertiary alicyclic amines) is 1. The number of halogens is 2. The Morgan fingerprint density at radius 1 is 1.10 bits per heavy atom. The molecule has 0 unspecified atom stereocenters. The van der Waals surface area contributed by atoms with Crippen molar-refractivity contribution in [3.05, 3.63) is 64.9 Å². The molecule has 0 saturated carbocycles. The summed E-state index contributed by atoms with van der Waals surface area (Å²) in [5.41, 5.74) is 1.57. The van der Waals surface area contributed by atoms with Crippen LogP contribution in [0.2, 0.25) is 5.02 Å². The van der Waals surface area contributed by atoms with Gasteiger partial charge in [0.05, 0.1) is 0 Å². The Balaban J connectivity index is 1.40. The Labute approximate surface area is 175 Å². The number of amides is 3. The molecule has 1 saturated heterocycles. The van der Waals surface area contributed by atoms with Crippen molar-refractivity contribution in [3.8, 4) is 0 Å². The van der Waals surface area contributed by atoms with Crippen LogP contribution >= 0.6 is 11.6 Å². The van der Waals surface area contributed by atoms with Crippen LogP contribution in [0.4, 0.5) is 14.9 Å². The zero-order chi connectivity index (χ0) is 20.6. The number of rotatable bonds is 6. The van der Waals surface area contributed by atoms with Crippen molar-refractivity contribution >= 4 is 29.2 Å². The van der Waals surface area contributed by atoms with Crippen molar-refractivity contribution in [1.82, 2.24) is 10.2 Å². The lowest BCUT2D eigenvalue weighted by molar-refractivity contribution is -0.121. The predicted octanol–water partition coefficient (Wildman–Crippen LogP) is 4.82. The fraction of sp³-hybridized carbons (Fsp3) is 0.364. The maximum atomic E-state index is 13.0. The molecule has 3 amide bonds. The third-order valence-electron chi connectivity index (χ3n) is 5.08. The molecule has 2 N–H and O–H groups in total. The van der Waals surface area contributed by atoms with Gasteiger partial charge in [-0.25, -0.2) is 9.18 Å². The number of carbonyl (C=O) groups excluding carboxylic acids is 2. The van der Waals surface area contributed by atoms with E-state index in [9.17, 15) is 14.0 Å². The van der Waals surface area contributed by atoms with E-state index in [1.165, 1.54) is 12.1 Å². The van der Waals surface area contributed by atoms with Crippen molar-refractivity contribution < 1.29 is 14.0 Å². The molecule has 0 aromatic heterocycles. The summed E-state index contributed by atoms with van der Waals surface area (Å²) in [7, 11) is 0. The van der Waals surface area contributed by atoms with Gasteiger partial charge in [0.15, 0.2) is 0 Å². The van der Waals surface area contributed by atoms with E-state index < -0.39 is 0 Å². The monoisotopic (exact) mass is 417 g/mol. The molecule has 7 heteroatoms. The van der Waals surface area contributed by atoms with Crippen LogP contribution in [-0.4, -0.2) is 29.9 Å². The van der Waals surface area contributed by atoms with Gasteiger partial charge in [-0.1, -0.05) is 23.7 Å². The number of anilines is 1. The van der Waals surface area contributed by atoms with Gasteiger partial charge in [0, 0.05) is 36.8 Å². The van der Waals surface area contributed by atoms with Gasteiger partial charge in [0.2, 0.25) is 5.91 Å². The van der Waals surface area contributed by atoms with Gasteiger partial charge >= 0.3 is 6.03 Å². The molecule has 0 bridgehead atoms. The molecule has 0 radical (unpaired) electrons. The van der Waals surface area contributed by atoms with Crippen molar-refractivity contribution in [2.45, 2.75) is 32.2 Å². The maximum absolute atomic E-state index is 13.0. The number of urea groups is 1. The number of hydrogen-bond acceptors (Lipinski definition) is 2. The number of nitrogens with zero attached hydrogens (tertiary/aromatic N) is 1. The zero-order valence-electron chi connectivity index (χ0n) is 16.2. The molecule has 0 aliphatic carbocycles. The first-order chi connectivity index (χ1) is 14.0. The van der Waals surface area contributed by atoms with Crippen molar-refractivity contribution in [1.29, 1.82) is 0 Å². The van der Waals surface area contributed by atoms with E-state index in [0.29, 0.717) is 42.7 Å². The lowest BCUT2D eigenvalue weighted by Crippen LogP contribution is -2.42. The van der Waals surface area contributed by atoms with E-state index in [2.05, 4.69) is 10.6 Å². The minimum Gasteiger partial charge on any atom is -0.352 e. The summed E-state index contributed by atoms with van der Waals surface area (Å²) in [4.78, 5) is 26.4. The smallest absolute Gasteiger partial charge is 0.321 e. The molecule has 0 spiro atoms. The van der Waals surface area contributed by atoms with Crippen LogP contribution in [0.15, 0.2) is 48.5 Å². The quantitative estimate of drug-likeness (QED) is 0.707. The normalized spacial score (nSPS) is 16.3. The Hall–Kier alpha value is -2.60. The molecule has 2 aromatic rings. The Kier molecular flexibility index (Phi) is 7.47. The van der Waals surface area contributed by atoms with Gasteiger partial charge in [-0.15, -0.1) is 0 Å². The molecule has 5 nitrogen and oxygen atoms in total. The molecule has 1 aliphatic rings. The molecule has 1 aliphatic heterocycles. The number of nitrogens with one attached hydrogen (secondary N) is 2. The highest BCUT2D eigenvalue weighted by atomic mass is 35.5. The second kappa shape index (κ2) is 10.3. The average Bonchev–Trinajstić information content (AvgIpc) is 2.73. The van der Waals surface area contributed by atoms with Crippen LogP contribution in [0.5, 0.6) is 0 Å². The number of carbonyl (C=O) groups is 2. The van der Waals surface area contributed by atoms with Gasteiger partial charge in [0.25, 0.3) is 0 Å². The summed E-state index contributed by atoms with van der Waals surface area (Å²) < 4.78 is 13.0. The molecular formula is C22H25ClFN3O2. The molecule has 1 fully saturated rings. The fourth-order valence-electron chi connectivity index (χ4n) is 3.45. The van der Waals surface area contributed by atoms with Crippen LogP contribution in [0.3, 0.4) is 0 Å². The van der Waals surface area contributed by atoms with E-state index in [0.717, 1.165) is 24.8 Å². The zero-order valence-corrected chi connectivity index (χ0v) is 16.9. The SMILES string of the molecule is O=C(CC[C@@H]1CCCN(C(=O)Nc2ccc(F)cc2)C1)NCc1ccc(Cl)cc1. The molecule has 2 aromatic carbocycles. The second-order valence-corrected chi connectivity index (χ2v) is 7.77. The van der Waals surface area contributed by atoms with Crippen molar-refractivity contribution in [2.24, 2.45) is 5.92 Å². The van der Waals surface area contributed by atoms with Crippen LogP contribution in [0, 0.1) is 11.7 Å². The van der Waals surface area contributed by atoms with E-state index in [1.54, 1.807) is 29.2 Å². The van der Waals surface area contributed by atoms with Gasteiger partial charge in [-0.3, -0.25) is 4.79 Å². The van der Waals surface area contributed by atoms with Crippen LogP contribution < -0.4 is 10.6 Å². The fourth-order valence-corrected chi connectivity index (χ4v) is 3.57. The summed E-state index contributed by atoms with van der Waals surface area (Å²) in [5.74, 6) is -0.0350. The predicted molar refractivity (Wildman–Crippen MR) is 112 cm³/mol. The highest BCUT2D eigenvalue weighted by Crippen LogP contribution is 2.22. The standard InChI is InChI=1S/C22H25ClFN3O2/c23-18-6-3-16(4-7-18)14-25-21(28)12-5-17-2-1-13-27(15-17)22(29)26-20-10-8-19(24)9-11-20/h3-4,6-11,17H,1-2,5,12-15H2,(H,25,28)(H,26,29)/t17-/m0/s1. The lowest BCUT2D eigenvalue weighted by atomic mass is 9.93. The van der Waals surface area contributed by atoms with Gasteiger partial charge in [0.1, 0.15) is 5.82 Å². The Bertz CT molecular complexity index is 827. The first-order valence-corrected chi connectivity index (χ1v) is 10.2. The minimum atomic E-state index is -0.338. The number of hydrogen-bond donors (Lipinski definition) is 2. The molecule has 1 atom stereocenters. The van der Waals surface area contributed by atoms with Crippen LogP contribution in [-0.2, 0) is 11.3 Å². The molecule has 1 heterocycles. The highest BCUT2D eigenvalue weighted by molar-refractivity contribution is 6.30. The molecule has 154 valence electrons. The summed E-state index contributed by atoms with van der Waals surface area (Å²) in [6.07, 6.45) is 3.09. The van der Waals surface area contributed by atoms with Crippen LogP contribution in [0.1, 0.15) is 31.2 Å². The topological polar surface area (TPSA) is 61.4 Å². The van der Waals surface area contributed by atoms with Crippen molar-refractivity contribution in [2.75, 3.05) is 18.4 Å². The van der Waals surface area contributed by atoms with E-state index in [4.69, 9.17) is 11.6 Å². The van der Waals surface area contributed by atoms with Gasteiger partial charge in [-0.05, 0) is 67.1 Å². The molecule has 3 rings (SSSR count). The van der Waals surface area contributed by atoms with Gasteiger partial charge < -0.3 is 15.5 Å².